The highest BCUT2D eigenvalue weighted by Crippen LogP contribution is 2.26. The Morgan fingerprint density at radius 2 is 2.17 bits per heavy atom. The van der Waals surface area contributed by atoms with Crippen molar-refractivity contribution < 1.29 is 27.8 Å². The van der Waals surface area contributed by atoms with E-state index < -0.39 is 18.8 Å². The number of hydrogen-bond acceptors (Lipinski definition) is 5. The molecule has 1 aliphatic rings. The van der Waals surface area contributed by atoms with Crippen LogP contribution in [0.1, 0.15) is 25.5 Å². The van der Waals surface area contributed by atoms with Crippen molar-refractivity contribution in [2.45, 2.75) is 26.1 Å². The summed E-state index contributed by atoms with van der Waals surface area (Å²) in [5.41, 5.74) is 1.47. The summed E-state index contributed by atoms with van der Waals surface area (Å²) in [6.07, 6.45) is -1.51. The lowest BCUT2D eigenvalue weighted by molar-refractivity contribution is -0.154. The van der Waals surface area contributed by atoms with Gasteiger partial charge in [-0.1, -0.05) is 6.07 Å². The normalized spacial score (nSPS) is 16.3. The van der Waals surface area contributed by atoms with Crippen LogP contribution >= 0.6 is 0 Å². The minimum atomic E-state index is -4.41. The van der Waals surface area contributed by atoms with E-state index in [2.05, 4.69) is 14.7 Å². The van der Waals surface area contributed by atoms with Crippen LogP contribution in [0.15, 0.2) is 35.1 Å². The molecule has 0 amide bonds. The second-order valence-electron chi connectivity index (χ2n) is 5.26. The zero-order valence-corrected chi connectivity index (χ0v) is 13.0. The predicted octanol–water partition coefficient (Wildman–Crippen LogP) is 2.79. The number of nitrogens with zero attached hydrogens (tertiary/aromatic N) is 3. The Morgan fingerprint density at radius 3 is 2.67 bits per heavy atom. The molecule has 0 saturated carbocycles. The molecule has 6 nitrogen and oxygen atoms in total. The number of alkyl halides is 3. The number of carboxylic acid groups (broad SMARTS) is 1. The highest BCUT2D eigenvalue weighted by Gasteiger charge is 2.28. The second kappa shape index (κ2) is 6.90. The molecule has 0 spiro atoms. The van der Waals surface area contributed by atoms with Gasteiger partial charge >= 0.3 is 12.1 Å². The van der Waals surface area contributed by atoms with Crippen molar-refractivity contribution in [2.75, 3.05) is 13.3 Å². The van der Waals surface area contributed by atoms with E-state index in [9.17, 15) is 18.0 Å². The zero-order chi connectivity index (χ0) is 17.9. The number of carboxylic acids is 1. The topological polar surface area (TPSA) is 75.0 Å². The lowest BCUT2D eigenvalue weighted by Gasteiger charge is -2.32. The van der Waals surface area contributed by atoms with Gasteiger partial charge in [-0.15, -0.1) is 0 Å². The van der Waals surface area contributed by atoms with Gasteiger partial charge < -0.3 is 14.7 Å². The molecule has 130 valence electrons. The van der Waals surface area contributed by atoms with Crippen LogP contribution in [-0.4, -0.2) is 46.1 Å². The number of ether oxygens (including phenoxy) is 1. The third-order valence-electron chi connectivity index (χ3n) is 3.50. The van der Waals surface area contributed by atoms with E-state index in [-0.39, 0.29) is 24.3 Å². The molecule has 0 bridgehead atoms. The van der Waals surface area contributed by atoms with Crippen molar-refractivity contribution in [1.29, 1.82) is 0 Å². The van der Waals surface area contributed by atoms with Gasteiger partial charge in [0.05, 0.1) is 6.04 Å². The zero-order valence-electron chi connectivity index (χ0n) is 13.0. The smallest absolute Gasteiger partial charge is 0.422 e. The summed E-state index contributed by atoms with van der Waals surface area (Å²) in [6.45, 7) is 2.42. The van der Waals surface area contributed by atoms with E-state index in [1.807, 2.05) is 11.8 Å². The van der Waals surface area contributed by atoms with Crippen molar-refractivity contribution in [2.24, 2.45) is 4.99 Å². The van der Waals surface area contributed by atoms with Crippen LogP contribution in [0.5, 0.6) is 5.88 Å². The van der Waals surface area contributed by atoms with Gasteiger partial charge in [-0.3, -0.25) is 4.99 Å². The van der Waals surface area contributed by atoms with Crippen LogP contribution in [-0.2, 0) is 4.79 Å². The van der Waals surface area contributed by atoms with Gasteiger partial charge in [0, 0.05) is 18.0 Å². The minimum Gasteiger partial charge on any atom is -0.477 e. The Hall–Kier alpha value is -2.58. The van der Waals surface area contributed by atoms with E-state index in [1.54, 1.807) is 13.0 Å². The summed E-state index contributed by atoms with van der Waals surface area (Å²) in [5.74, 6) is -1.20. The maximum absolute atomic E-state index is 12.1. The SMILES string of the molecule is CC1=CC(C(=O)O)=NCN1C(C)c1ccc(OCC(F)(F)F)nc1. The number of rotatable bonds is 5. The van der Waals surface area contributed by atoms with Crippen molar-refractivity contribution in [3.05, 3.63) is 35.7 Å². The maximum atomic E-state index is 12.1. The molecule has 0 saturated heterocycles. The van der Waals surface area contributed by atoms with Crippen molar-refractivity contribution in [3.63, 3.8) is 0 Å². The molecule has 1 atom stereocenters. The number of aliphatic imine (C=N–C) groups is 1. The Balaban J connectivity index is 2.04. The molecular weight excluding hydrogens is 327 g/mol. The summed E-state index contributed by atoms with van der Waals surface area (Å²) in [4.78, 5) is 20.6. The molecule has 1 aromatic rings. The van der Waals surface area contributed by atoms with E-state index in [0.717, 1.165) is 11.3 Å². The molecule has 2 rings (SSSR count). The Kier molecular flexibility index (Phi) is 5.10. The molecule has 0 fully saturated rings. The average Bonchev–Trinajstić information content (AvgIpc) is 2.52. The maximum Gasteiger partial charge on any atom is 0.422 e. The fourth-order valence-corrected chi connectivity index (χ4v) is 2.21. The number of pyridine rings is 1. The molecule has 1 unspecified atom stereocenters. The number of aliphatic carboxylic acids is 1. The fourth-order valence-electron chi connectivity index (χ4n) is 2.21. The van der Waals surface area contributed by atoms with Crippen LogP contribution in [0.25, 0.3) is 0 Å². The van der Waals surface area contributed by atoms with Crippen LogP contribution in [0.4, 0.5) is 13.2 Å². The van der Waals surface area contributed by atoms with Crippen molar-refractivity contribution in [1.82, 2.24) is 9.88 Å². The van der Waals surface area contributed by atoms with Crippen molar-refractivity contribution in [3.8, 4) is 5.88 Å². The van der Waals surface area contributed by atoms with Crippen LogP contribution in [0.3, 0.4) is 0 Å². The third kappa shape index (κ3) is 4.46. The van der Waals surface area contributed by atoms with Crippen molar-refractivity contribution >= 4 is 11.7 Å². The molecule has 24 heavy (non-hydrogen) atoms. The van der Waals surface area contributed by atoms with Crippen LogP contribution < -0.4 is 4.74 Å². The molecule has 2 heterocycles. The van der Waals surface area contributed by atoms with Gasteiger partial charge in [0.15, 0.2) is 6.61 Å². The molecule has 0 radical (unpaired) electrons. The van der Waals surface area contributed by atoms with Gasteiger partial charge in [0.1, 0.15) is 12.4 Å². The molecule has 1 aromatic heterocycles. The van der Waals surface area contributed by atoms with Crippen LogP contribution in [0.2, 0.25) is 0 Å². The highest BCUT2D eigenvalue weighted by atomic mass is 19.4. The highest BCUT2D eigenvalue weighted by molar-refractivity contribution is 6.40. The largest absolute Gasteiger partial charge is 0.477 e. The standard InChI is InChI=1S/C15H16F3N3O3/c1-9-5-12(14(22)23)20-8-21(9)10(2)11-3-4-13(19-6-11)24-7-15(16,17)18/h3-6,10H,7-8H2,1-2H3,(H,22,23). The molecule has 1 N–H and O–H groups in total. The van der Waals surface area contributed by atoms with E-state index in [4.69, 9.17) is 5.11 Å². The van der Waals surface area contributed by atoms with Gasteiger partial charge in [0.25, 0.3) is 0 Å². The van der Waals surface area contributed by atoms with E-state index >= 15 is 0 Å². The molecule has 9 heteroatoms. The monoisotopic (exact) mass is 343 g/mol. The van der Waals surface area contributed by atoms with Gasteiger partial charge in [0.2, 0.25) is 5.88 Å². The number of hydrogen-bond donors (Lipinski definition) is 1. The van der Waals surface area contributed by atoms with Gasteiger partial charge in [-0.25, -0.2) is 9.78 Å². The summed E-state index contributed by atoms with van der Waals surface area (Å²) in [5, 5.41) is 8.94. The quantitative estimate of drug-likeness (QED) is 0.890. The minimum absolute atomic E-state index is 0.00928. The first kappa shape index (κ1) is 17.8. The van der Waals surface area contributed by atoms with Gasteiger partial charge in [-0.2, -0.15) is 13.2 Å². The molecule has 1 aliphatic heterocycles. The second-order valence-corrected chi connectivity index (χ2v) is 5.26. The average molecular weight is 343 g/mol. The fraction of sp³-hybridized carbons (Fsp3) is 0.400. The predicted molar refractivity (Wildman–Crippen MR) is 79.7 cm³/mol. The summed E-state index contributed by atoms with van der Waals surface area (Å²) in [7, 11) is 0. The Bertz CT molecular complexity index is 669. The number of allylic oxidation sites excluding steroid dienone is 1. The third-order valence-corrected chi connectivity index (χ3v) is 3.50. The number of carbonyl (C=O) groups is 1. The summed E-state index contributed by atoms with van der Waals surface area (Å²) >= 11 is 0. The number of halogens is 3. The first-order valence-corrected chi connectivity index (χ1v) is 7.05. The Morgan fingerprint density at radius 1 is 1.46 bits per heavy atom. The van der Waals surface area contributed by atoms with Gasteiger partial charge in [-0.05, 0) is 25.5 Å². The first-order valence-electron chi connectivity index (χ1n) is 7.05. The first-order chi connectivity index (χ1) is 11.2. The van der Waals surface area contributed by atoms with E-state index in [0.29, 0.717) is 0 Å². The molecule has 0 aliphatic carbocycles. The van der Waals surface area contributed by atoms with Crippen LogP contribution in [0, 0.1) is 0 Å². The number of aromatic nitrogens is 1. The van der Waals surface area contributed by atoms with E-state index in [1.165, 1.54) is 18.3 Å². The molecule has 0 aromatic carbocycles. The Labute approximate surface area is 136 Å². The lowest BCUT2D eigenvalue weighted by Crippen LogP contribution is -2.31. The summed E-state index contributed by atoms with van der Waals surface area (Å²) < 4.78 is 40.9. The lowest BCUT2D eigenvalue weighted by atomic mass is 10.1. The summed E-state index contributed by atoms with van der Waals surface area (Å²) in [6, 6.07) is 2.81. The molecular formula is C15H16F3N3O3.